The van der Waals surface area contributed by atoms with Crippen LogP contribution in [0.25, 0.3) is 0 Å². The Bertz CT molecular complexity index is 872. The second-order valence-electron chi connectivity index (χ2n) is 11.4. The van der Waals surface area contributed by atoms with Gasteiger partial charge >= 0.3 is 0 Å². The first-order valence-corrected chi connectivity index (χ1v) is 12.5. The lowest BCUT2D eigenvalue weighted by molar-refractivity contribution is -0.116. The van der Waals surface area contributed by atoms with Crippen LogP contribution in [0, 0.1) is 29.1 Å². The molecule has 0 radical (unpaired) electrons. The van der Waals surface area contributed by atoms with Crippen LogP contribution in [-0.4, -0.2) is 30.1 Å². The van der Waals surface area contributed by atoms with E-state index in [0.717, 1.165) is 25.7 Å². The second-order valence-corrected chi connectivity index (χ2v) is 11.4. The Morgan fingerprint density at radius 3 is 2.48 bits per heavy atom. The van der Waals surface area contributed by atoms with Gasteiger partial charge in [-0.1, -0.05) is 24.6 Å². The van der Waals surface area contributed by atoms with E-state index in [1.165, 1.54) is 29.7 Å². The molecule has 3 heteroatoms. The Morgan fingerprint density at radius 2 is 1.77 bits per heavy atom. The third kappa shape index (κ3) is 3.39. The molecule has 5 rings (SSSR count). The van der Waals surface area contributed by atoms with Crippen molar-refractivity contribution in [3.63, 3.8) is 0 Å². The van der Waals surface area contributed by atoms with Gasteiger partial charge in [-0.2, -0.15) is 0 Å². The Morgan fingerprint density at radius 1 is 1.03 bits per heavy atom. The van der Waals surface area contributed by atoms with Crippen LogP contribution in [0.4, 0.5) is 5.69 Å². The number of carbonyl (C=O) groups excluding carboxylic acids is 1. The van der Waals surface area contributed by atoms with Crippen molar-refractivity contribution in [1.29, 1.82) is 0 Å². The van der Waals surface area contributed by atoms with E-state index in [4.69, 9.17) is 0 Å². The first-order chi connectivity index (χ1) is 14.8. The number of allylic oxidation sites excluding steroid dienone is 1. The summed E-state index contributed by atoms with van der Waals surface area (Å²) in [7, 11) is 2.16. The smallest absolute Gasteiger partial charge is 0.155 e. The molecule has 0 amide bonds. The minimum Gasteiger partial charge on any atom is -0.393 e. The van der Waals surface area contributed by atoms with Crippen LogP contribution in [0.3, 0.4) is 0 Å². The quantitative estimate of drug-likeness (QED) is 0.678. The molecule has 1 aromatic carbocycles. The number of benzene rings is 1. The maximum Gasteiger partial charge on any atom is 0.155 e. The molecule has 3 saturated carbocycles. The van der Waals surface area contributed by atoms with Crippen LogP contribution >= 0.6 is 0 Å². The molecule has 0 aromatic heterocycles. The molecular formula is C28H39NO2. The lowest BCUT2D eigenvalue weighted by Crippen LogP contribution is -2.50. The van der Waals surface area contributed by atoms with Crippen molar-refractivity contribution in [2.75, 3.05) is 11.9 Å². The minimum atomic E-state index is -0.169. The lowest BCUT2D eigenvalue weighted by Gasteiger charge is -2.57. The molecule has 3 fully saturated rings. The van der Waals surface area contributed by atoms with Crippen LogP contribution < -0.4 is 4.90 Å². The fourth-order valence-corrected chi connectivity index (χ4v) is 7.88. The van der Waals surface area contributed by atoms with Gasteiger partial charge in [-0.3, -0.25) is 4.79 Å². The Balaban J connectivity index is 1.54. The van der Waals surface area contributed by atoms with Crippen LogP contribution in [0.15, 0.2) is 35.9 Å². The first-order valence-electron chi connectivity index (χ1n) is 12.5. The summed E-state index contributed by atoms with van der Waals surface area (Å²) >= 11 is 0. The average Bonchev–Trinajstić information content (AvgIpc) is 3.06. The fourth-order valence-electron chi connectivity index (χ4n) is 7.88. The van der Waals surface area contributed by atoms with E-state index >= 15 is 0 Å². The monoisotopic (exact) mass is 421 g/mol. The highest BCUT2D eigenvalue weighted by Crippen LogP contribution is 2.65. The fraction of sp³-hybridized carbons (Fsp3) is 0.679. The topological polar surface area (TPSA) is 40.5 Å². The highest BCUT2D eigenvalue weighted by Gasteiger charge is 2.59. The first kappa shape index (κ1) is 21.2. The molecule has 0 unspecified atom stereocenters. The molecule has 0 spiro atoms. The summed E-state index contributed by atoms with van der Waals surface area (Å²) in [6, 6.07) is 9.76. The maximum absolute atomic E-state index is 12.1. The molecule has 1 N–H and O–H groups in total. The Hall–Kier alpha value is -1.61. The van der Waals surface area contributed by atoms with Crippen molar-refractivity contribution >= 4 is 11.5 Å². The number of nitrogens with zero attached hydrogens (tertiary/aromatic N) is 1. The Labute approximate surface area is 187 Å². The number of carbonyl (C=O) groups is 1. The number of hydrogen-bond acceptors (Lipinski definition) is 3. The van der Waals surface area contributed by atoms with Gasteiger partial charge in [0, 0.05) is 25.2 Å². The average molecular weight is 422 g/mol. The van der Waals surface area contributed by atoms with Crippen molar-refractivity contribution in [3.05, 3.63) is 41.5 Å². The number of ketones is 1. The molecule has 0 bridgehead atoms. The highest BCUT2D eigenvalue weighted by atomic mass is 16.3. The number of hydrogen-bond donors (Lipinski definition) is 1. The zero-order valence-corrected chi connectivity index (χ0v) is 19.7. The maximum atomic E-state index is 12.1. The third-order valence-electron chi connectivity index (χ3n) is 9.75. The summed E-state index contributed by atoms with van der Waals surface area (Å²) in [6.45, 7) is 6.82. The molecule has 3 nitrogen and oxygen atoms in total. The molecule has 0 saturated heterocycles. The summed E-state index contributed by atoms with van der Waals surface area (Å²) in [6.07, 6.45) is 9.07. The zero-order valence-electron chi connectivity index (χ0n) is 19.7. The number of fused-ring (bicyclic) bond motifs is 5. The van der Waals surface area contributed by atoms with Crippen molar-refractivity contribution in [3.8, 4) is 0 Å². The Kier molecular flexibility index (Phi) is 5.32. The van der Waals surface area contributed by atoms with Crippen molar-refractivity contribution in [2.24, 2.45) is 29.1 Å². The van der Waals surface area contributed by atoms with E-state index in [9.17, 15) is 9.90 Å². The van der Waals surface area contributed by atoms with E-state index in [-0.39, 0.29) is 11.5 Å². The van der Waals surface area contributed by atoms with E-state index in [0.29, 0.717) is 47.8 Å². The minimum absolute atomic E-state index is 0.0327. The van der Waals surface area contributed by atoms with E-state index < -0.39 is 0 Å². The zero-order chi connectivity index (χ0) is 21.9. The van der Waals surface area contributed by atoms with Gasteiger partial charge in [-0.25, -0.2) is 0 Å². The highest BCUT2D eigenvalue weighted by molar-refractivity contribution is 5.91. The van der Waals surface area contributed by atoms with Crippen LogP contribution in [0.2, 0.25) is 0 Å². The number of anilines is 1. The molecule has 0 aliphatic heterocycles. The van der Waals surface area contributed by atoms with Gasteiger partial charge in [0.1, 0.15) is 0 Å². The predicted octanol–water partition coefficient (Wildman–Crippen LogP) is 5.73. The molecule has 0 heterocycles. The standard InChI is InChI=1S/C28H39NO2/c1-17(2)29(4)20-8-5-18(6-9-20)24-16-28(3)25(13-14-26(28)31)23-11-7-19-15-21(30)10-12-22(19)27(23)24/h5-6,8-9,15,17,22-27,31H,7,10-14,16H2,1-4H3/t22-,23-,24+,25-,26-,27+,28-/m0/s1. The number of rotatable bonds is 3. The summed E-state index contributed by atoms with van der Waals surface area (Å²) in [5, 5.41) is 11.0. The van der Waals surface area contributed by atoms with Crippen molar-refractivity contribution < 1.29 is 9.90 Å². The van der Waals surface area contributed by atoms with E-state index in [1.54, 1.807) is 0 Å². The van der Waals surface area contributed by atoms with Crippen LogP contribution in [0.5, 0.6) is 0 Å². The largest absolute Gasteiger partial charge is 0.393 e. The number of aliphatic hydroxyl groups is 1. The van der Waals surface area contributed by atoms with Gasteiger partial charge in [-0.05, 0) is 111 Å². The van der Waals surface area contributed by atoms with E-state index in [2.05, 4.69) is 57.0 Å². The summed E-state index contributed by atoms with van der Waals surface area (Å²) in [5.41, 5.74) is 4.17. The molecule has 1 aromatic rings. The van der Waals surface area contributed by atoms with Gasteiger partial charge in [0.2, 0.25) is 0 Å². The summed E-state index contributed by atoms with van der Waals surface area (Å²) < 4.78 is 0. The molecular weight excluding hydrogens is 382 g/mol. The van der Waals surface area contributed by atoms with Crippen molar-refractivity contribution in [2.45, 2.75) is 83.8 Å². The third-order valence-corrected chi connectivity index (χ3v) is 9.75. The van der Waals surface area contributed by atoms with Crippen molar-refractivity contribution in [1.82, 2.24) is 0 Å². The molecule has 4 aliphatic carbocycles. The van der Waals surface area contributed by atoms with E-state index in [1.807, 2.05) is 6.08 Å². The van der Waals surface area contributed by atoms with Crippen LogP contribution in [0.1, 0.15) is 77.2 Å². The molecule has 7 atom stereocenters. The van der Waals surface area contributed by atoms with Gasteiger partial charge in [0.05, 0.1) is 6.10 Å². The number of aliphatic hydroxyl groups excluding tert-OH is 1. The van der Waals surface area contributed by atoms with Gasteiger partial charge in [-0.15, -0.1) is 0 Å². The normalized spacial score (nSPS) is 39.5. The second kappa shape index (κ2) is 7.76. The van der Waals surface area contributed by atoms with Gasteiger partial charge in [0.15, 0.2) is 5.78 Å². The molecule has 31 heavy (non-hydrogen) atoms. The van der Waals surface area contributed by atoms with Gasteiger partial charge in [0.25, 0.3) is 0 Å². The summed E-state index contributed by atoms with van der Waals surface area (Å²) in [5.74, 6) is 3.29. The lowest BCUT2D eigenvalue weighted by atomic mass is 9.48. The van der Waals surface area contributed by atoms with Crippen LogP contribution in [-0.2, 0) is 4.79 Å². The predicted molar refractivity (Wildman–Crippen MR) is 126 cm³/mol. The SMILES string of the molecule is CC(C)N(C)c1ccc([C@H]2C[C@]3(C)[C@@H](O)CC[C@H]3[C@@H]3CCC4=CC(=O)CC[C@@H]4[C@H]32)cc1. The van der Waals surface area contributed by atoms with Gasteiger partial charge < -0.3 is 10.0 Å². The molecule has 4 aliphatic rings. The summed E-state index contributed by atoms with van der Waals surface area (Å²) in [4.78, 5) is 14.5. The molecule has 168 valence electrons.